The molecule has 0 amide bonds. The van der Waals surface area contributed by atoms with Crippen molar-refractivity contribution in [3.63, 3.8) is 0 Å². The Morgan fingerprint density at radius 3 is 2.63 bits per heavy atom. The molecule has 166 valence electrons. The average molecular weight is 545 g/mol. The van der Waals surface area contributed by atoms with E-state index in [0.29, 0.717) is 6.54 Å². The van der Waals surface area contributed by atoms with Gasteiger partial charge in [0.05, 0.1) is 36.0 Å². The number of aliphatic imine (C=N–C) groups is 1. The molecule has 1 saturated heterocycles. The molecule has 7 nitrogen and oxygen atoms in total. The third kappa shape index (κ3) is 7.05. The van der Waals surface area contributed by atoms with Crippen LogP contribution < -0.4 is 10.2 Å². The number of halogens is 1. The van der Waals surface area contributed by atoms with Crippen LogP contribution in [0.2, 0.25) is 0 Å². The number of aromatic nitrogens is 2. The fraction of sp³-hybridized carbons (Fsp3) is 0.571. The molecule has 0 saturated carbocycles. The fourth-order valence-electron chi connectivity index (χ4n) is 3.50. The van der Waals surface area contributed by atoms with Crippen molar-refractivity contribution in [1.29, 1.82) is 0 Å². The fourth-order valence-corrected chi connectivity index (χ4v) is 4.10. The van der Waals surface area contributed by atoms with Gasteiger partial charge in [-0.1, -0.05) is 6.07 Å². The monoisotopic (exact) mass is 544 g/mol. The molecule has 1 aliphatic rings. The molecular formula is C21H33IN6OS. The SMILES string of the molecule is CCNC(=NCc1ccc(N2CC(C)OC(C)C2)nc1)N(C)Cc1csc(C)n1.I. The third-order valence-corrected chi connectivity index (χ3v) is 5.55. The van der Waals surface area contributed by atoms with Crippen LogP contribution in [0.25, 0.3) is 0 Å². The van der Waals surface area contributed by atoms with Crippen LogP contribution in [-0.2, 0) is 17.8 Å². The van der Waals surface area contributed by atoms with E-state index in [-0.39, 0.29) is 36.2 Å². The second-order valence-corrected chi connectivity index (χ2v) is 8.63. The Hall–Kier alpha value is -1.46. The molecule has 1 aliphatic heterocycles. The van der Waals surface area contributed by atoms with Crippen molar-refractivity contribution >= 4 is 47.1 Å². The van der Waals surface area contributed by atoms with Gasteiger partial charge in [-0.25, -0.2) is 15.0 Å². The molecule has 2 atom stereocenters. The first-order valence-corrected chi connectivity index (χ1v) is 11.1. The average Bonchev–Trinajstić information content (AvgIpc) is 3.09. The van der Waals surface area contributed by atoms with Gasteiger partial charge < -0.3 is 19.9 Å². The predicted octanol–water partition coefficient (Wildman–Crippen LogP) is 3.68. The molecular weight excluding hydrogens is 511 g/mol. The van der Waals surface area contributed by atoms with E-state index in [0.717, 1.165) is 54.2 Å². The van der Waals surface area contributed by atoms with Crippen LogP contribution in [0.3, 0.4) is 0 Å². The van der Waals surface area contributed by atoms with Crippen LogP contribution in [0.15, 0.2) is 28.7 Å². The summed E-state index contributed by atoms with van der Waals surface area (Å²) in [7, 11) is 2.04. The minimum Gasteiger partial charge on any atom is -0.372 e. The summed E-state index contributed by atoms with van der Waals surface area (Å²) in [5, 5.41) is 6.55. The summed E-state index contributed by atoms with van der Waals surface area (Å²) in [5.74, 6) is 1.88. The maximum Gasteiger partial charge on any atom is 0.194 e. The number of rotatable bonds is 6. The van der Waals surface area contributed by atoms with Gasteiger partial charge >= 0.3 is 0 Å². The normalized spacial score (nSPS) is 19.4. The standard InChI is InChI=1S/C21H32N6OS.HI/c1-6-22-21(26(5)13-19-14-29-17(4)25-19)24-10-18-7-8-20(23-9-18)27-11-15(2)28-16(3)12-27;/h7-9,14-16H,6,10-13H2,1-5H3,(H,22,24);1H. The van der Waals surface area contributed by atoms with Crippen molar-refractivity contribution in [3.8, 4) is 0 Å². The highest BCUT2D eigenvalue weighted by atomic mass is 127. The van der Waals surface area contributed by atoms with Crippen LogP contribution in [0.4, 0.5) is 5.82 Å². The number of aryl methyl sites for hydroxylation is 1. The second kappa shape index (κ2) is 11.8. The lowest BCUT2D eigenvalue weighted by Gasteiger charge is -2.36. The maximum absolute atomic E-state index is 5.81. The molecule has 0 aliphatic carbocycles. The van der Waals surface area contributed by atoms with Gasteiger partial charge in [0, 0.05) is 38.3 Å². The van der Waals surface area contributed by atoms with E-state index in [1.807, 2.05) is 20.2 Å². The Labute approximate surface area is 201 Å². The number of ether oxygens (including phenoxy) is 1. The van der Waals surface area contributed by atoms with Crippen molar-refractivity contribution in [2.45, 2.75) is 53.0 Å². The number of hydrogen-bond donors (Lipinski definition) is 1. The van der Waals surface area contributed by atoms with Crippen LogP contribution in [0, 0.1) is 6.92 Å². The van der Waals surface area contributed by atoms with Crippen LogP contribution in [0.1, 0.15) is 37.0 Å². The van der Waals surface area contributed by atoms with Gasteiger partial charge in [0.1, 0.15) is 5.82 Å². The van der Waals surface area contributed by atoms with E-state index < -0.39 is 0 Å². The summed E-state index contributed by atoms with van der Waals surface area (Å²) < 4.78 is 5.81. The molecule has 30 heavy (non-hydrogen) atoms. The summed E-state index contributed by atoms with van der Waals surface area (Å²) in [6.07, 6.45) is 2.38. The number of thiazole rings is 1. The topological polar surface area (TPSA) is 65.9 Å². The summed E-state index contributed by atoms with van der Waals surface area (Å²) in [4.78, 5) is 18.4. The van der Waals surface area contributed by atoms with Crippen LogP contribution in [0.5, 0.6) is 0 Å². The molecule has 1 fully saturated rings. The van der Waals surface area contributed by atoms with Gasteiger partial charge in [-0.05, 0) is 39.3 Å². The van der Waals surface area contributed by atoms with E-state index in [1.165, 1.54) is 0 Å². The lowest BCUT2D eigenvalue weighted by molar-refractivity contribution is -0.00545. The highest BCUT2D eigenvalue weighted by Gasteiger charge is 2.22. The van der Waals surface area contributed by atoms with Crippen molar-refractivity contribution in [2.24, 2.45) is 4.99 Å². The van der Waals surface area contributed by atoms with Gasteiger partial charge in [-0.15, -0.1) is 35.3 Å². The quantitative estimate of drug-likeness (QED) is 0.340. The molecule has 0 spiro atoms. The number of guanidine groups is 1. The van der Waals surface area contributed by atoms with E-state index in [1.54, 1.807) is 11.3 Å². The highest BCUT2D eigenvalue weighted by Crippen LogP contribution is 2.18. The lowest BCUT2D eigenvalue weighted by atomic mass is 10.2. The molecule has 2 unspecified atom stereocenters. The molecule has 2 aromatic heterocycles. The number of morpholine rings is 1. The van der Waals surface area contributed by atoms with Crippen molar-refractivity contribution in [3.05, 3.63) is 40.0 Å². The van der Waals surface area contributed by atoms with Crippen LogP contribution in [-0.4, -0.2) is 59.7 Å². The zero-order valence-electron chi connectivity index (χ0n) is 18.5. The number of pyridine rings is 1. The highest BCUT2D eigenvalue weighted by molar-refractivity contribution is 14.0. The number of nitrogens with one attached hydrogen (secondary N) is 1. The minimum absolute atomic E-state index is 0. The Morgan fingerprint density at radius 1 is 1.33 bits per heavy atom. The Kier molecular flexibility index (Phi) is 9.76. The van der Waals surface area contributed by atoms with E-state index in [9.17, 15) is 0 Å². The maximum atomic E-state index is 5.81. The third-order valence-electron chi connectivity index (χ3n) is 4.73. The van der Waals surface area contributed by atoms with Crippen molar-refractivity contribution in [2.75, 3.05) is 31.6 Å². The summed E-state index contributed by atoms with van der Waals surface area (Å²) in [5.41, 5.74) is 2.16. The van der Waals surface area contributed by atoms with Gasteiger partial charge in [0.15, 0.2) is 5.96 Å². The number of anilines is 1. The lowest BCUT2D eigenvalue weighted by Crippen LogP contribution is -2.45. The molecule has 1 N–H and O–H groups in total. The van der Waals surface area contributed by atoms with Gasteiger partial charge in [0.2, 0.25) is 0 Å². The predicted molar refractivity (Wildman–Crippen MR) is 135 cm³/mol. The summed E-state index contributed by atoms with van der Waals surface area (Å²) >= 11 is 1.68. The van der Waals surface area contributed by atoms with Gasteiger partial charge in [-0.3, -0.25) is 0 Å². The molecule has 0 aromatic carbocycles. The minimum atomic E-state index is 0. The van der Waals surface area contributed by atoms with Crippen LogP contribution >= 0.6 is 35.3 Å². The van der Waals surface area contributed by atoms with Gasteiger partial charge in [-0.2, -0.15) is 0 Å². The Bertz CT molecular complexity index is 802. The first-order valence-electron chi connectivity index (χ1n) is 10.2. The summed E-state index contributed by atoms with van der Waals surface area (Å²) in [6.45, 7) is 12.2. The molecule has 0 radical (unpaired) electrons. The molecule has 9 heteroatoms. The van der Waals surface area contributed by atoms with E-state index in [2.05, 4.69) is 63.4 Å². The number of hydrogen-bond acceptors (Lipinski definition) is 6. The first kappa shape index (κ1) is 24.8. The molecule has 2 aromatic rings. The Morgan fingerprint density at radius 2 is 2.07 bits per heavy atom. The van der Waals surface area contributed by atoms with Gasteiger partial charge in [0.25, 0.3) is 0 Å². The molecule has 3 rings (SSSR count). The smallest absolute Gasteiger partial charge is 0.194 e. The first-order chi connectivity index (χ1) is 13.9. The zero-order valence-corrected chi connectivity index (χ0v) is 21.6. The van der Waals surface area contributed by atoms with Crippen molar-refractivity contribution in [1.82, 2.24) is 20.2 Å². The summed E-state index contributed by atoms with van der Waals surface area (Å²) in [6, 6.07) is 4.20. The molecule has 0 bridgehead atoms. The number of nitrogens with zero attached hydrogens (tertiary/aromatic N) is 5. The second-order valence-electron chi connectivity index (χ2n) is 7.57. The zero-order chi connectivity index (χ0) is 20.8. The van der Waals surface area contributed by atoms with E-state index in [4.69, 9.17) is 9.73 Å². The Balaban J connectivity index is 0.00000320. The largest absolute Gasteiger partial charge is 0.372 e. The molecule has 3 heterocycles. The van der Waals surface area contributed by atoms with Crippen molar-refractivity contribution < 1.29 is 4.74 Å². The van der Waals surface area contributed by atoms with E-state index >= 15 is 0 Å².